The minimum absolute atomic E-state index is 0. The average Bonchev–Trinajstić information content (AvgIpc) is 2.68. The molecule has 0 fully saturated rings. The van der Waals surface area contributed by atoms with Gasteiger partial charge in [0.2, 0.25) is 0 Å². The molecule has 0 aromatic heterocycles. The molecule has 0 aliphatic heterocycles. The van der Waals surface area contributed by atoms with Crippen LogP contribution in [0.2, 0.25) is 0 Å². The third-order valence-corrected chi connectivity index (χ3v) is 4.77. The summed E-state index contributed by atoms with van der Waals surface area (Å²) in [7, 11) is 1.83. The molecule has 162 valence electrons. The van der Waals surface area contributed by atoms with Crippen molar-refractivity contribution in [3.05, 3.63) is 29.8 Å². The maximum Gasteiger partial charge on any atom is 0.191 e. The molecule has 1 aromatic carbocycles. The Hall–Kier alpha value is -1.02. The number of hydrogen-bond acceptors (Lipinski definition) is 3. The molecule has 1 unspecified atom stereocenters. The molecule has 0 saturated carbocycles. The molecule has 1 rings (SSSR count). The van der Waals surface area contributed by atoms with E-state index in [1.807, 2.05) is 19.2 Å². The molecule has 1 atom stereocenters. The van der Waals surface area contributed by atoms with E-state index in [1.54, 1.807) is 0 Å². The van der Waals surface area contributed by atoms with Crippen LogP contribution in [0.1, 0.15) is 52.0 Å². The van der Waals surface area contributed by atoms with Crippen LogP contribution in [0.5, 0.6) is 5.75 Å². The Kier molecular flexibility index (Phi) is 16.3. The van der Waals surface area contributed by atoms with Gasteiger partial charge >= 0.3 is 0 Å². The highest BCUT2D eigenvalue weighted by Crippen LogP contribution is 2.11. The van der Waals surface area contributed by atoms with Crippen molar-refractivity contribution in [2.24, 2.45) is 4.99 Å². The van der Waals surface area contributed by atoms with Gasteiger partial charge in [0.05, 0.1) is 6.61 Å². The van der Waals surface area contributed by atoms with E-state index in [1.165, 1.54) is 18.5 Å². The van der Waals surface area contributed by atoms with Crippen molar-refractivity contribution in [1.29, 1.82) is 0 Å². The number of nitrogens with zero attached hydrogens (tertiary/aromatic N) is 2. The first-order valence-corrected chi connectivity index (χ1v) is 10.5. The van der Waals surface area contributed by atoms with E-state index in [-0.39, 0.29) is 24.0 Å². The summed E-state index contributed by atoms with van der Waals surface area (Å²) in [4.78, 5) is 6.80. The second kappa shape index (κ2) is 16.9. The van der Waals surface area contributed by atoms with Crippen molar-refractivity contribution in [1.82, 2.24) is 15.5 Å². The fourth-order valence-corrected chi connectivity index (χ4v) is 2.92. The number of unbranched alkanes of at least 4 members (excludes halogenated alkanes) is 1. The van der Waals surface area contributed by atoms with E-state index in [4.69, 9.17) is 4.74 Å². The molecule has 0 amide bonds. The zero-order chi connectivity index (χ0) is 19.9. The summed E-state index contributed by atoms with van der Waals surface area (Å²) in [5.41, 5.74) is 1.26. The third kappa shape index (κ3) is 12.4. The average molecular weight is 505 g/mol. The number of benzene rings is 1. The van der Waals surface area contributed by atoms with E-state index in [0.717, 1.165) is 57.2 Å². The lowest BCUT2D eigenvalue weighted by Crippen LogP contribution is -2.42. The fourth-order valence-electron chi connectivity index (χ4n) is 2.92. The lowest BCUT2D eigenvalue weighted by atomic mass is 10.2. The molecule has 6 heteroatoms. The van der Waals surface area contributed by atoms with Gasteiger partial charge in [-0.3, -0.25) is 4.99 Å². The number of halogens is 1. The number of guanidine groups is 1. The molecule has 28 heavy (non-hydrogen) atoms. The molecule has 0 aliphatic rings. The van der Waals surface area contributed by atoms with Gasteiger partial charge in [-0.2, -0.15) is 0 Å². The predicted molar refractivity (Wildman–Crippen MR) is 132 cm³/mol. The Morgan fingerprint density at radius 2 is 1.79 bits per heavy atom. The van der Waals surface area contributed by atoms with Gasteiger partial charge in [0.1, 0.15) is 5.75 Å². The summed E-state index contributed by atoms with van der Waals surface area (Å²) in [5.74, 6) is 1.84. The molecular formula is C22H41IN4O. The summed E-state index contributed by atoms with van der Waals surface area (Å²) < 4.78 is 5.76. The Balaban J connectivity index is 0.00000729. The van der Waals surface area contributed by atoms with E-state index in [0.29, 0.717) is 6.04 Å². The topological polar surface area (TPSA) is 48.9 Å². The molecule has 2 N–H and O–H groups in total. The van der Waals surface area contributed by atoms with Crippen LogP contribution in [0.15, 0.2) is 29.3 Å². The molecule has 0 radical (unpaired) electrons. The van der Waals surface area contributed by atoms with Gasteiger partial charge < -0.3 is 20.3 Å². The Bertz CT molecular complexity index is 518. The second-order valence-electron chi connectivity index (χ2n) is 7.08. The SMILES string of the molecule is CCN(CC)CCCC(C)NC(=NC)NCCCCOc1ccc(C)cc1.I. The fraction of sp³-hybridized carbons (Fsp3) is 0.682. The molecule has 1 aromatic rings. The van der Waals surface area contributed by atoms with Crippen LogP contribution in [0.25, 0.3) is 0 Å². The van der Waals surface area contributed by atoms with Crippen LogP contribution in [0, 0.1) is 6.92 Å². The number of rotatable bonds is 13. The van der Waals surface area contributed by atoms with E-state index in [2.05, 4.69) is 60.4 Å². The van der Waals surface area contributed by atoms with Crippen LogP contribution < -0.4 is 15.4 Å². The van der Waals surface area contributed by atoms with Crippen molar-refractivity contribution >= 4 is 29.9 Å². The lowest BCUT2D eigenvalue weighted by Gasteiger charge is -2.21. The van der Waals surface area contributed by atoms with Crippen LogP contribution in [-0.2, 0) is 0 Å². The van der Waals surface area contributed by atoms with E-state index in [9.17, 15) is 0 Å². The maximum atomic E-state index is 5.76. The lowest BCUT2D eigenvalue weighted by molar-refractivity contribution is 0.292. The van der Waals surface area contributed by atoms with Crippen molar-refractivity contribution in [2.75, 3.05) is 39.8 Å². The Labute approximate surface area is 189 Å². The number of nitrogens with one attached hydrogen (secondary N) is 2. The van der Waals surface area contributed by atoms with Gasteiger partial charge in [0, 0.05) is 19.6 Å². The predicted octanol–water partition coefficient (Wildman–Crippen LogP) is 4.45. The first-order chi connectivity index (χ1) is 13.1. The standard InChI is InChI=1S/C22H40N4O.HI/c1-6-26(7-2)17-10-11-20(4)25-22(23-5)24-16-8-9-18-27-21-14-12-19(3)13-15-21;/h12-15,20H,6-11,16-18H2,1-5H3,(H2,23,24,25);1H. The monoisotopic (exact) mass is 504 g/mol. The highest BCUT2D eigenvalue weighted by molar-refractivity contribution is 14.0. The van der Waals surface area contributed by atoms with Crippen LogP contribution in [0.4, 0.5) is 0 Å². The maximum absolute atomic E-state index is 5.76. The largest absolute Gasteiger partial charge is 0.494 e. The zero-order valence-electron chi connectivity index (χ0n) is 18.5. The van der Waals surface area contributed by atoms with Crippen molar-refractivity contribution in [3.63, 3.8) is 0 Å². The number of hydrogen-bond donors (Lipinski definition) is 2. The molecular weight excluding hydrogens is 463 g/mol. The van der Waals surface area contributed by atoms with Crippen molar-refractivity contribution < 1.29 is 4.74 Å². The Morgan fingerprint density at radius 1 is 1.11 bits per heavy atom. The molecule has 5 nitrogen and oxygen atoms in total. The highest BCUT2D eigenvalue weighted by atomic mass is 127. The number of ether oxygens (including phenoxy) is 1. The van der Waals surface area contributed by atoms with Gasteiger partial charge in [-0.25, -0.2) is 0 Å². The van der Waals surface area contributed by atoms with Crippen molar-refractivity contribution in [3.8, 4) is 5.75 Å². The number of aryl methyl sites for hydroxylation is 1. The third-order valence-electron chi connectivity index (χ3n) is 4.77. The Morgan fingerprint density at radius 3 is 2.39 bits per heavy atom. The quantitative estimate of drug-likeness (QED) is 0.181. The molecule has 0 saturated heterocycles. The van der Waals surface area contributed by atoms with Crippen LogP contribution in [-0.4, -0.2) is 56.7 Å². The smallest absolute Gasteiger partial charge is 0.191 e. The summed E-state index contributed by atoms with van der Waals surface area (Å²) in [6.07, 6.45) is 4.45. The van der Waals surface area contributed by atoms with Gasteiger partial charge in [0.25, 0.3) is 0 Å². The van der Waals surface area contributed by atoms with Gasteiger partial charge in [-0.1, -0.05) is 31.5 Å². The molecule has 0 heterocycles. The highest BCUT2D eigenvalue weighted by Gasteiger charge is 2.06. The van der Waals surface area contributed by atoms with Gasteiger partial charge in [-0.05, 0) is 71.3 Å². The summed E-state index contributed by atoms with van der Waals surface area (Å²) in [6.45, 7) is 13.9. The minimum Gasteiger partial charge on any atom is -0.494 e. The van der Waals surface area contributed by atoms with Gasteiger partial charge in [-0.15, -0.1) is 24.0 Å². The zero-order valence-corrected chi connectivity index (χ0v) is 20.8. The molecule has 0 spiro atoms. The van der Waals surface area contributed by atoms with Crippen LogP contribution in [0.3, 0.4) is 0 Å². The summed E-state index contributed by atoms with van der Waals surface area (Å²) >= 11 is 0. The molecule has 0 aliphatic carbocycles. The molecule has 0 bridgehead atoms. The first-order valence-electron chi connectivity index (χ1n) is 10.5. The van der Waals surface area contributed by atoms with Crippen molar-refractivity contribution in [2.45, 2.75) is 59.4 Å². The summed E-state index contributed by atoms with van der Waals surface area (Å²) in [6, 6.07) is 8.64. The van der Waals surface area contributed by atoms with Crippen LogP contribution >= 0.6 is 24.0 Å². The normalized spacial score (nSPS) is 12.4. The minimum atomic E-state index is 0. The van der Waals surface area contributed by atoms with E-state index < -0.39 is 0 Å². The first kappa shape index (κ1) is 27.0. The van der Waals surface area contributed by atoms with Gasteiger partial charge in [0.15, 0.2) is 5.96 Å². The number of aliphatic imine (C=N–C) groups is 1. The second-order valence-corrected chi connectivity index (χ2v) is 7.08. The summed E-state index contributed by atoms with van der Waals surface area (Å²) in [5, 5.41) is 6.89. The van der Waals surface area contributed by atoms with E-state index >= 15 is 0 Å².